The fourth-order valence-corrected chi connectivity index (χ4v) is 4.49. The summed E-state index contributed by atoms with van der Waals surface area (Å²) >= 11 is 1.67. The van der Waals surface area contributed by atoms with Crippen LogP contribution in [0.3, 0.4) is 0 Å². The summed E-state index contributed by atoms with van der Waals surface area (Å²) in [5.41, 5.74) is 2.70. The van der Waals surface area contributed by atoms with Gasteiger partial charge in [-0.15, -0.1) is 0 Å². The summed E-state index contributed by atoms with van der Waals surface area (Å²) in [5.74, 6) is 0. The second-order valence-corrected chi connectivity index (χ2v) is 7.54. The van der Waals surface area contributed by atoms with Crippen molar-refractivity contribution < 1.29 is 0 Å². The van der Waals surface area contributed by atoms with Crippen LogP contribution in [0.4, 0.5) is 5.13 Å². The van der Waals surface area contributed by atoms with Crippen molar-refractivity contribution in [2.45, 2.75) is 24.9 Å². The summed E-state index contributed by atoms with van der Waals surface area (Å²) in [6.45, 7) is 0. The number of pyridine rings is 1. The van der Waals surface area contributed by atoms with Crippen molar-refractivity contribution in [3.8, 4) is 0 Å². The van der Waals surface area contributed by atoms with Gasteiger partial charge in [-0.05, 0) is 37.1 Å². The van der Waals surface area contributed by atoms with Crippen LogP contribution in [0.25, 0.3) is 21.4 Å². The number of rotatable bonds is 3. The van der Waals surface area contributed by atoms with Crippen molar-refractivity contribution >= 4 is 37.8 Å². The minimum Gasteiger partial charge on any atom is -0.359 e. The number of imidazole rings is 1. The number of aromatic nitrogens is 4. The van der Waals surface area contributed by atoms with Gasteiger partial charge in [0.1, 0.15) is 0 Å². The zero-order valence-electron chi connectivity index (χ0n) is 13.7. The second-order valence-electron chi connectivity index (χ2n) is 6.51. The number of benzene rings is 1. The van der Waals surface area contributed by atoms with Gasteiger partial charge >= 0.3 is 5.69 Å². The first-order valence-corrected chi connectivity index (χ1v) is 9.16. The Morgan fingerprint density at radius 3 is 2.88 bits per heavy atom. The lowest BCUT2D eigenvalue weighted by molar-refractivity contribution is 0.280. The molecule has 0 aliphatic heterocycles. The standard InChI is InChI=1S/C18H17N5OS/c1-22-14-6-4-8-19-16(14)23(18(22)24)12-9-11(10-12)20-17-21-13-5-2-3-7-15(13)25-17/h2-8,11-12H,9-10H2,1H3,(H,20,21)/t11-,12-. The normalized spacial score (nSPS) is 20.0. The maximum absolute atomic E-state index is 12.6. The molecule has 126 valence electrons. The highest BCUT2D eigenvalue weighted by molar-refractivity contribution is 7.22. The largest absolute Gasteiger partial charge is 0.359 e. The van der Waals surface area contributed by atoms with Crippen LogP contribution in [0.5, 0.6) is 0 Å². The van der Waals surface area contributed by atoms with Gasteiger partial charge in [0.05, 0.1) is 15.7 Å². The highest BCUT2D eigenvalue weighted by atomic mass is 32.1. The van der Waals surface area contributed by atoms with Gasteiger partial charge in [-0.2, -0.15) is 0 Å². The quantitative estimate of drug-likeness (QED) is 0.616. The van der Waals surface area contributed by atoms with Gasteiger partial charge in [0.15, 0.2) is 10.8 Å². The predicted molar refractivity (Wildman–Crippen MR) is 100 cm³/mol. The lowest BCUT2D eigenvalue weighted by Gasteiger charge is -2.36. The monoisotopic (exact) mass is 351 g/mol. The molecule has 3 heterocycles. The zero-order valence-corrected chi connectivity index (χ0v) is 14.5. The van der Waals surface area contributed by atoms with Crippen LogP contribution in [0.1, 0.15) is 18.9 Å². The van der Waals surface area contributed by atoms with Crippen LogP contribution in [0, 0.1) is 0 Å². The molecule has 1 aliphatic carbocycles. The Hall–Kier alpha value is -2.67. The van der Waals surface area contributed by atoms with Gasteiger partial charge in [-0.1, -0.05) is 23.5 Å². The van der Waals surface area contributed by atoms with E-state index in [-0.39, 0.29) is 11.7 Å². The van der Waals surface area contributed by atoms with Crippen LogP contribution < -0.4 is 11.0 Å². The first-order valence-electron chi connectivity index (χ1n) is 8.35. The summed E-state index contributed by atoms with van der Waals surface area (Å²) in [7, 11) is 1.80. The molecule has 7 heteroatoms. The molecule has 3 aromatic heterocycles. The smallest absolute Gasteiger partial charge is 0.330 e. The Labute approximate surface area is 147 Å². The predicted octanol–water partition coefficient (Wildman–Crippen LogP) is 3.16. The molecule has 0 unspecified atom stereocenters. The van der Waals surface area contributed by atoms with E-state index in [1.54, 1.807) is 29.1 Å². The number of anilines is 1. The molecule has 0 amide bonds. The number of thiazole rings is 1. The maximum atomic E-state index is 12.6. The number of fused-ring (bicyclic) bond motifs is 2. The number of nitrogens with one attached hydrogen (secondary N) is 1. The van der Waals surface area contributed by atoms with Crippen molar-refractivity contribution in [1.82, 2.24) is 19.1 Å². The lowest BCUT2D eigenvalue weighted by Crippen LogP contribution is -2.40. The van der Waals surface area contributed by atoms with Gasteiger partial charge < -0.3 is 5.32 Å². The van der Waals surface area contributed by atoms with Crippen molar-refractivity contribution in [2.75, 3.05) is 5.32 Å². The summed E-state index contributed by atoms with van der Waals surface area (Å²) < 4.78 is 4.71. The van der Waals surface area contributed by atoms with Gasteiger partial charge in [0.2, 0.25) is 0 Å². The first-order chi connectivity index (χ1) is 12.2. The highest BCUT2D eigenvalue weighted by Gasteiger charge is 2.34. The van der Waals surface area contributed by atoms with E-state index in [1.165, 1.54) is 4.70 Å². The van der Waals surface area contributed by atoms with E-state index in [4.69, 9.17) is 0 Å². The zero-order chi connectivity index (χ0) is 17.0. The SMILES string of the molecule is Cn1c(=O)n([C@H]2C[C@H](Nc3nc4ccccc4s3)C2)c2ncccc21. The third-order valence-electron chi connectivity index (χ3n) is 4.95. The van der Waals surface area contributed by atoms with Crippen LogP contribution >= 0.6 is 11.3 Å². The second kappa shape index (κ2) is 5.42. The molecule has 0 bridgehead atoms. The molecular weight excluding hydrogens is 334 g/mol. The maximum Gasteiger partial charge on any atom is 0.330 e. The summed E-state index contributed by atoms with van der Waals surface area (Å²) in [6.07, 6.45) is 3.56. The first kappa shape index (κ1) is 14.7. The Morgan fingerprint density at radius 2 is 2.04 bits per heavy atom. The van der Waals surface area contributed by atoms with E-state index in [1.807, 2.05) is 34.9 Å². The Bertz CT molecular complexity index is 1100. The molecule has 6 nitrogen and oxygen atoms in total. The van der Waals surface area contributed by atoms with E-state index in [9.17, 15) is 4.79 Å². The third kappa shape index (κ3) is 2.26. The Morgan fingerprint density at radius 1 is 1.20 bits per heavy atom. The van der Waals surface area contributed by atoms with Crippen molar-refractivity contribution in [3.05, 3.63) is 53.1 Å². The molecule has 1 aromatic carbocycles. The molecule has 4 aromatic rings. The Balaban J connectivity index is 1.37. The molecule has 0 atom stereocenters. The van der Waals surface area contributed by atoms with Gasteiger partial charge in [-0.3, -0.25) is 9.13 Å². The van der Waals surface area contributed by atoms with Gasteiger partial charge in [-0.25, -0.2) is 14.8 Å². The summed E-state index contributed by atoms with van der Waals surface area (Å²) in [5, 5.41) is 4.46. The van der Waals surface area contributed by atoms with Crippen LogP contribution in [-0.4, -0.2) is 25.1 Å². The van der Waals surface area contributed by atoms with Crippen molar-refractivity contribution in [3.63, 3.8) is 0 Å². The molecule has 1 fully saturated rings. The Kier molecular flexibility index (Phi) is 3.18. The number of aryl methyl sites for hydroxylation is 1. The van der Waals surface area contributed by atoms with E-state index >= 15 is 0 Å². The summed E-state index contributed by atoms with van der Waals surface area (Å²) in [6, 6.07) is 12.5. The minimum atomic E-state index is 0.0112. The van der Waals surface area contributed by atoms with E-state index in [0.717, 1.165) is 34.7 Å². The molecule has 25 heavy (non-hydrogen) atoms. The fourth-order valence-electron chi connectivity index (χ4n) is 3.55. The number of hydrogen-bond acceptors (Lipinski definition) is 5. The van der Waals surface area contributed by atoms with Crippen LogP contribution in [0.2, 0.25) is 0 Å². The number of hydrogen-bond donors (Lipinski definition) is 1. The minimum absolute atomic E-state index is 0.0112. The van der Waals surface area contributed by atoms with Gasteiger partial charge in [0, 0.05) is 25.3 Å². The third-order valence-corrected chi connectivity index (χ3v) is 5.92. The molecule has 0 radical (unpaired) electrons. The molecule has 1 N–H and O–H groups in total. The van der Waals surface area contributed by atoms with E-state index in [2.05, 4.69) is 21.4 Å². The molecular formula is C18H17N5OS. The fraction of sp³-hybridized carbons (Fsp3) is 0.278. The molecule has 1 saturated carbocycles. The average Bonchev–Trinajstić information content (AvgIpc) is 3.11. The molecule has 0 spiro atoms. The molecule has 5 rings (SSSR count). The van der Waals surface area contributed by atoms with Crippen LogP contribution in [0.15, 0.2) is 47.4 Å². The van der Waals surface area contributed by atoms with Crippen molar-refractivity contribution in [1.29, 1.82) is 0 Å². The number of para-hydroxylation sites is 1. The highest BCUT2D eigenvalue weighted by Crippen LogP contribution is 2.36. The average molecular weight is 351 g/mol. The molecule has 1 aliphatic rings. The van der Waals surface area contributed by atoms with Gasteiger partial charge in [0.25, 0.3) is 0 Å². The summed E-state index contributed by atoms with van der Waals surface area (Å²) in [4.78, 5) is 21.6. The van der Waals surface area contributed by atoms with E-state index in [0.29, 0.717) is 6.04 Å². The van der Waals surface area contributed by atoms with E-state index < -0.39 is 0 Å². The lowest BCUT2D eigenvalue weighted by atomic mass is 9.86. The molecule has 0 saturated heterocycles. The van der Waals surface area contributed by atoms with Crippen LogP contribution in [-0.2, 0) is 7.05 Å². The topological polar surface area (TPSA) is 64.7 Å². The number of nitrogens with zero attached hydrogens (tertiary/aromatic N) is 4. The van der Waals surface area contributed by atoms with Crippen molar-refractivity contribution in [2.24, 2.45) is 7.05 Å².